The van der Waals surface area contributed by atoms with Crippen LogP contribution in [-0.4, -0.2) is 21.0 Å². The molecule has 2 aromatic rings. The molecule has 17 heavy (non-hydrogen) atoms. The van der Waals surface area contributed by atoms with Crippen molar-refractivity contribution in [2.24, 2.45) is 0 Å². The van der Waals surface area contributed by atoms with Crippen molar-refractivity contribution in [2.45, 2.75) is 6.92 Å². The van der Waals surface area contributed by atoms with Crippen molar-refractivity contribution in [3.63, 3.8) is 0 Å². The number of hydrogen-bond acceptors (Lipinski definition) is 3. The second kappa shape index (κ2) is 14.4. The van der Waals surface area contributed by atoms with Crippen LogP contribution in [0.5, 0.6) is 0 Å². The van der Waals surface area contributed by atoms with Crippen molar-refractivity contribution in [1.29, 1.82) is 0 Å². The van der Waals surface area contributed by atoms with Crippen LogP contribution in [0.2, 0.25) is 0 Å². The van der Waals surface area contributed by atoms with Gasteiger partial charge in [-0.05, 0) is 0 Å². The average molecular weight is 323 g/mol. The molecule has 0 unspecified atom stereocenters. The van der Waals surface area contributed by atoms with Gasteiger partial charge >= 0.3 is 20.4 Å². The van der Waals surface area contributed by atoms with E-state index in [4.69, 9.17) is 9.90 Å². The summed E-state index contributed by atoms with van der Waals surface area (Å²) in [6, 6.07) is 11.0. The van der Waals surface area contributed by atoms with Gasteiger partial charge in [-0.3, -0.25) is 4.79 Å². The Balaban J connectivity index is 0. The topological polar surface area (TPSA) is 63.1 Å². The largest absolute Gasteiger partial charge is 2.00 e. The Labute approximate surface area is 114 Å². The van der Waals surface area contributed by atoms with E-state index < -0.39 is 5.97 Å². The number of pyridine rings is 2. The summed E-state index contributed by atoms with van der Waals surface area (Å²) in [5, 5.41) is 7.42. The van der Waals surface area contributed by atoms with Gasteiger partial charge < -0.3 is 15.1 Å². The number of nitrogens with zero attached hydrogens (tertiary/aromatic N) is 2. The van der Waals surface area contributed by atoms with Crippen molar-refractivity contribution in [2.75, 3.05) is 0 Å². The standard InChI is InChI=1S/2C5H4N.C2H4O2.Pd/c2*1-2-4-6-5-3-1;1-2(3)4;/h2*1-4H;1H3,(H,3,4);/q2*-1;;+2. The van der Waals surface area contributed by atoms with E-state index in [0.29, 0.717) is 0 Å². The maximum atomic E-state index is 9.00. The zero-order valence-electron chi connectivity index (χ0n) is 9.18. The number of carboxylic acids is 1. The molecule has 0 radical (unpaired) electrons. The van der Waals surface area contributed by atoms with Gasteiger partial charge in [0.25, 0.3) is 5.97 Å². The molecule has 92 valence electrons. The van der Waals surface area contributed by atoms with Gasteiger partial charge in [-0.2, -0.15) is 36.4 Å². The first-order valence-corrected chi connectivity index (χ1v) is 4.47. The smallest absolute Gasteiger partial charge is 0.481 e. The second-order valence-electron chi connectivity index (χ2n) is 2.44. The van der Waals surface area contributed by atoms with E-state index in [-0.39, 0.29) is 20.4 Å². The first-order chi connectivity index (χ1) is 7.73. The fraction of sp³-hybridized carbons (Fsp3) is 0.0833. The Bertz CT molecular complexity index is 268. The molecule has 1 N–H and O–H groups in total. The molecule has 0 amide bonds. The van der Waals surface area contributed by atoms with E-state index in [1.54, 1.807) is 24.5 Å². The summed E-state index contributed by atoms with van der Waals surface area (Å²) in [7, 11) is 0. The van der Waals surface area contributed by atoms with E-state index >= 15 is 0 Å². The van der Waals surface area contributed by atoms with Gasteiger partial charge in [-0.1, -0.05) is 24.8 Å². The maximum absolute atomic E-state index is 9.00. The van der Waals surface area contributed by atoms with E-state index in [0.717, 1.165) is 6.92 Å². The van der Waals surface area contributed by atoms with Crippen molar-refractivity contribution in [3.05, 3.63) is 61.2 Å². The molecule has 5 heteroatoms. The monoisotopic (exact) mass is 322 g/mol. The van der Waals surface area contributed by atoms with Gasteiger partial charge in [-0.15, -0.1) is 0 Å². The molecule has 0 saturated heterocycles. The third-order valence-corrected chi connectivity index (χ3v) is 1.03. The predicted molar refractivity (Wildman–Crippen MR) is 59.5 cm³/mol. The van der Waals surface area contributed by atoms with Crippen LogP contribution < -0.4 is 0 Å². The number of aliphatic carboxylic acids is 1. The molecule has 2 rings (SSSR count). The molecule has 4 nitrogen and oxygen atoms in total. The van der Waals surface area contributed by atoms with Crippen molar-refractivity contribution in [3.8, 4) is 0 Å². The van der Waals surface area contributed by atoms with Crippen molar-refractivity contribution in [1.82, 2.24) is 9.97 Å². The third kappa shape index (κ3) is 20.5. The van der Waals surface area contributed by atoms with Crippen LogP contribution >= 0.6 is 0 Å². The molecule has 0 aliphatic carbocycles. The summed E-state index contributed by atoms with van der Waals surface area (Å²) in [4.78, 5) is 16.3. The average Bonchev–Trinajstić information content (AvgIpc) is 2.34. The molecule has 0 fully saturated rings. The Morgan fingerprint density at radius 2 is 1.35 bits per heavy atom. The number of rotatable bonds is 0. The SMILES string of the molecule is CC(=O)O.[Pd+2].[c-]1ccccn1.[c-]1ccccn1. The summed E-state index contributed by atoms with van der Waals surface area (Å²) in [5.74, 6) is -0.833. The Kier molecular flexibility index (Phi) is 15.1. The van der Waals surface area contributed by atoms with Crippen LogP contribution in [0.1, 0.15) is 6.92 Å². The quantitative estimate of drug-likeness (QED) is 0.594. The summed E-state index contributed by atoms with van der Waals surface area (Å²) >= 11 is 0. The van der Waals surface area contributed by atoms with E-state index in [1.807, 2.05) is 24.3 Å². The summed E-state index contributed by atoms with van der Waals surface area (Å²) in [6.45, 7) is 1.08. The second-order valence-corrected chi connectivity index (χ2v) is 2.44. The van der Waals surface area contributed by atoms with E-state index in [1.165, 1.54) is 0 Å². The molecule has 0 aliphatic heterocycles. The first-order valence-electron chi connectivity index (χ1n) is 4.47. The fourth-order valence-electron chi connectivity index (χ4n) is 0.555. The summed E-state index contributed by atoms with van der Waals surface area (Å²) in [5.41, 5.74) is 0. The minimum absolute atomic E-state index is 0. The van der Waals surface area contributed by atoms with Crippen LogP contribution in [0.15, 0.2) is 48.8 Å². The molecule has 0 aromatic carbocycles. The van der Waals surface area contributed by atoms with Crippen LogP contribution in [-0.2, 0) is 25.2 Å². The Hall–Kier alpha value is -1.57. The van der Waals surface area contributed by atoms with Gasteiger partial charge in [0.15, 0.2) is 0 Å². The molecule has 0 bridgehead atoms. The molecule has 0 saturated carbocycles. The number of carbonyl (C=O) groups is 1. The van der Waals surface area contributed by atoms with E-state index in [2.05, 4.69) is 22.4 Å². The Morgan fingerprint density at radius 1 is 1.00 bits per heavy atom. The molecule has 2 heterocycles. The van der Waals surface area contributed by atoms with Gasteiger partial charge in [0, 0.05) is 6.92 Å². The van der Waals surface area contributed by atoms with Gasteiger partial charge in [0.2, 0.25) is 0 Å². The Morgan fingerprint density at radius 3 is 1.41 bits per heavy atom. The van der Waals surface area contributed by atoms with Gasteiger partial charge in [-0.25, -0.2) is 0 Å². The molecular formula is C12H12N2O2Pd. The number of hydrogen-bond donors (Lipinski definition) is 1. The van der Waals surface area contributed by atoms with E-state index in [9.17, 15) is 0 Å². The van der Waals surface area contributed by atoms with Crippen LogP contribution in [0.3, 0.4) is 0 Å². The van der Waals surface area contributed by atoms with Crippen molar-refractivity contribution >= 4 is 5.97 Å². The van der Waals surface area contributed by atoms with Crippen LogP contribution in [0.25, 0.3) is 0 Å². The normalized spacial score (nSPS) is 7.12. The molecule has 0 spiro atoms. The van der Waals surface area contributed by atoms with Crippen molar-refractivity contribution < 1.29 is 30.3 Å². The number of carboxylic acid groups (broad SMARTS) is 1. The summed E-state index contributed by atoms with van der Waals surface area (Å²) in [6.07, 6.45) is 8.67. The van der Waals surface area contributed by atoms with Crippen LogP contribution in [0.4, 0.5) is 0 Å². The van der Waals surface area contributed by atoms with Gasteiger partial charge in [0.1, 0.15) is 0 Å². The van der Waals surface area contributed by atoms with Crippen LogP contribution in [0, 0.1) is 12.4 Å². The molecule has 0 aliphatic rings. The third-order valence-electron chi connectivity index (χ3n) is 1.03. The maximum Gasteiger partial charge on any atom is 2.00 e. The first kappa shape index (κ1) is 17.8. The predicted octanol–water partition coefficient (Wildman–Crippen LogP) is 1.85. The van der Waals surface area contributed by atoms with Gasteiger partial charge in [0.05, 0.1) is 0 Å². The minimum Gasteiger partial charge on any atom is -0.481 e. The zero-order valence-corrected chi connectivity index (χ0v) is 10.7. The molecular weight excluding hydrogens is 311 g/mol. The zero-order chi connectivity index (χ0) is 12.1. The minimum atomic E-state index is -0.833. The molecule has 2 aromatic heterocycles. The fourth-order valence-corrected chi connectivity index (χ4v) is 0.555. The molecule has 0 atom stereocenters. The number of aromatic nitrogens is 2. The summed E-state index contributed by atoms with van der Waals surface area (Å²) < 4.78 is 0.